The molecule has 8 heteroatoms. The summed E-state index contributed by atoms with van der Waals surface area (Å²) in [6.45, 7) is 1.72. The highest BCUT2D eigenvalue weighted by Crippen LogP contribution is 2.15. The van der Waals surface area contributed by atoms with Crippen molar-refractivity contribution in [2.24, 2.45) is 0 Å². The molecular formula is C22H33N3O5. The van der Waals surface area contributed by atoms with E-state index >= 15 is 0 Å². The van der Waals surface area contributed by atoms with Gasteiger partial charge in [0.2, 0.25) is 5.91 Å². The Morgan fingerprint density at radius 3 is 2.57 bits per heavy atom. The Labute approximate surface area is 177 Å². The van der Waals surface area contributed by atoms with Crippen LogP contribution in [0.15, 0.2) is 30.3 Å². The molecule has 1 aromatic carbocycles. The van der Waals surface area contributed by atoms with Crippen molar-refractivity contribution < 1.29 is 24.6 Å². The lowest BCUT2D eigenvalue weighted by molar-refractivity contribution is -0.140. The number of rotatable bonds is 12. The third kappa shape index (κ3) is 8.41. The van der Waals surface area contributed by atoms with Crippen molar-refractivity contribution in [3.63, 3.8) is 0 Å². The fourth-order valence-electron chi connectivity index (χ4n) is 3.76. The molecule has 0 bridgehead atoms. The number of carbonyl (C=O) groups excluding carboxylic acids is 1. The SMILES string of the molecule is O=C(O)NCCCCCN1CCCCC(NC(CCc2ccccc2)C(=O)O)C1=O. The van der Waals surface area contributed by atoms with Crippen LogP contribution in [0.4, 0.5) is 4.79 Å². The van der Waals surface area contributed by atoms with E-state index in [-0.39, 0.29) is 5.91 Å². The van der Waals surface area contributed by atoms with Crippen molar-refractivity contribution in [3.8, 4) is 0 Å². The zero-order chi connectivity index (χ0) is 21.8. The molecule has 0 aromatic heterocycles. The maximum atomic E-state index is 13.0. The van der Waals surface area contributed by atoms with Gasteiger partial charge in [0.05, 0.1) is 6.04 Å². The highest BCUT2D eigenvalue weighted by molar-refractivity contribution is 5.83. The first-order chi connectivity index (χ1) is 14.5. The summed E-state index contributed by atoms with van der Waals surface area (Å²) in [7, 11) is 0. The van der Waals surface area contributed by atoms with Crippen LogP contribution in [0, 0.1) is 0 Å². The third-order valence-electron chi connectivity index (χ3n) is 5.43. The van der Waals surface area contributed by atoms with Crippen LogP contribution < -0.4 is 10.6 Å². The molecule has 1 aliphatic heterocycles. The molecule has 4 N–H and O–H groups in total. The monoisotopic (exact) mass is 419 g/mol. The lowest BCUT2D eigenvalue weighted by Crippen LogP contribution is -2.51. The van der Waals surface area contributed by atoms with E-state index in [4.69, 9.17) is 5.11 Å². The van der Waals surface area contributed by atoms with Crippen LogP contribution in [0.25, 0.3) is 0 Å². The molecule has 30 heavy (non-hydrogen) atoms. The first kappa shape index (κ1) is 23.7. The fraction of sp³-hybridized carbons (Fsp3) is 0.591. The second-order valence-corrected chi connectivity index (χ2v) is 7.75. The quantitative estimate of drug-likeness (QED) is 0.387. The van der Waals surface area contributed by atoms with E-state index in [2.05, 4.69) is 10.6 Å². The topological polar surface area (TPSA) is 119 Å². The van der Waals surface area contributed by atoms with Gasteiger partial charge < -0.3 is 20.4 Å². The van der Waals surface area contributed by atoms with E-state index < -0.39 is 24.1 Å². The maximum absolute atomic E-state index is 13.0. The largest absolute Gasteiger partial charge is 0.480 e. The minimum atomic E-state index is -1.02. The molecule has 0 saturated carbocycles. The van der Waals surface area contributed by atoms with Crippen LogP contribution in [0.5, 0.6) is 0 Å². The number of unbranched alkanes of at least 4 members (excludes halogenated alkanes) is 2. The first-order valence-corrected chi connectivity index (χ1v) is 10.8. The van der Waals surface area contributed by atoms with Gasteiger partial charge in [-0.05, 0) is 56.9 Å². The molecule has 1 heterocycles. The molecule has 2 rings (SSSR count). The van der Waals surface area contributed by atoms with Gasteiger partial charge in [-0.3, -0.25) is 14.9 Å². The molecule has 1 aromatic rings. The van der Waals surface area contributed by atoms with Crippen molar-refractivity contribution in [1.82, 2.24) is 15.5 Å². The summed E-state index contributed by atoms with van der Waals surface area (Å²) >= 11 is 0. The minimum Gasteiger partial charge on any atom is -0.480 e. The van der Waals surface area contributed by atoms with Gasteiger partial charge in [0.1, 0.15) is 6.04 Å². The number of carboxylic acid groups (broad SMARTS) is 2. The Bertz CT molecular complexity index is 683. The molecule has 1 saturated heterocycles. The van der Waals surface area contributed by atoms with Crippen LogP contribution in [-0.2, 0) is 16.0 Å². The number of carboxylic acids is 1. The summed E-state index contributed by atoms with van der Waals surface area (Å²) in [4.78, 5) is 37.0. The normalized spacial score (nSPS) is 17.9. The highest BCUT2D eigenvalue weighted by atomic mass is 16.4. The Hall–Kier alpha value is -2.61. The molecule has 2 amide bonds. The summed E-state index contributed by atoms with van der Waals surface area (Å²) < 4.78 is 0. The van der Waals surface area contributed by atoms with Gasteiger partial charge in [-0.25, -0.2) is 4.79 Å². The number of benzene rings is 1. The van der Waals surface area contributed by atoms with Gasteiger partial charge in [-0.1, -0.05) is 30.3 Å². The summed E-state index contributed by atoms with van der Waals surface area (Å²) in [5.41, 5.74) is 1.08. The van der Waals surface area contributed by atoms with E-state index in [1.807, 2.05) is 35.2 Å². The number of aliphatic carboxylic acids is 1. The minimum absolute atomic E-state index is 0.0258. The summed E-state index contributed by atoms with van der Waals surface area (Å²) in [6, 6.07) is 8.51. The summed E-state index contributed by atoms with van der Waals surface area (Å²) in [5.74, 6) is -0.956. The molecule has 0 radical (unpaired) electrons. The summed E-state index contributed by atoms with van der Waals surface area (Å²) in [5, 5.41) is 23.6. The van der Waals surface area contributed by atoms with E-state index in [0.717, 1.165) is 37.7 Å². The molecule has 0 aliphatic carbocycles. The first-order valence-electron chi connectivity index (χ1n) is 10.8. The smallest absolute Gasteiger partial charge is 0.404 e. The van der Waals surface area contributed by atoms with Crippen LogP contribution in [0.3, 0.4) is 0 Å². The zero-order valence-corrected chi connectivity index (χ0v) is 17.4. The number of nitrogens with one attached hydrogen (secondary N) is 2. The molecule has 8 nitrogen and oxygen atoms in total. The lowest BCUT2D eigenvalue weighted by Gasteiger charge is -2.27. The molecule has 1 aliphatic rings. The van der Waals surface area contributed by atoms with Crippen LogP contribution in [0.2, 0.25) is 0 Å². The second-order valence-electron chi connectivity index (χ2n) is 7.75. The molecule has 1 fully saturated rings. The van der Waals surface area contributed by atoms with E-state index in [9.17, 15) is 19.5 Å². The van der Waals surface area contributed by atoms with Gasteiger partial charge in [-0.15, -0.1) is 0 Å². The fourth-order valence-corrected chi connectivity index (χ4v) is 3.76. The van der Waals surface area contributed by atoms with E-state index in [0.29, 0.717) is 38.9 Å². The van der Waals surface area contributed by atoms with Crippen LogP contribution in [0.1, 0.15) is 50.5 Å². The molecular weight excluding hydrogens is 386 g/mol. The average molecular weight is 420 g/mol. The van der Waals surface area contributed by atoms with Crippen molar-refractivity contribution in [2.45, 2.75) is 63.5 Å². The van der Waals surface area contributed by atoms with Crippen molar-refractivity contribution in [3.05, 3.63) is 35.9 Å². The van der Waals surface area contributed by atoms with Gasteiger partial charge in [-0.2, -0.15) is 0 Å². The number of aryl methyl sites for hydroxylation is 1. The standard InChI is InChI=1S/C22H33N3O5/c26-20-18(24-19(21(27)28)13-12-17-9-3-1-4-10-17)11-5-8-16-25(20)15-7-2-6-14-23-22(29)30/h1,3-4,9-10,18-19,23-24H,2,5-8,11-16H2,(H,27,28)(H,29,30). The predicted octanol–water partition coefficient (Wildman–Crippen LogP) is 2.48. The number of nitrogens with zero attached hydrogens (tertiary/aromatic N) is 1. The van der Waals surface area contributed by atoms with E-state index in [1.54, 1.807) is 0 Å². The predicted molar refractivity (Wildman–Crippen MR) is 113 cm³/mol. The number of hydrogen-bond acceptors (Lipinski definition) is 4. The number of carbonyl (C=O) groups is 3. The van der Waals surface area contributed by atoms with Gasteiger partial charge in [0.25, 0.3) is 0 Å². The number of likely N-dealkylation sites (tertiary alicyclic amines) is 1. The number of hydrogen-bond donors (Lipinski definition) is 4. The van der Waals surface area contributed by atoms with Crippen LogP contribution >= 0.6 is 0 Å². The molecule has 2 unspecified atom stereocenters. The van der Waals surface area contributed by atoms with Crippen LogP contribution in [-0.4, -0.2) is 64.8 Å². The number of amides is 2. The van der Waals surface area contributed by atoms with Crippen molar-refractivity contribution in [1.29, 1.82) is 0 Å². The van der Waals surface area contributed by atoms with Gasteiger partial charge in [0.15, 0.2) is 0 Å². The zero-order valence-electron chi connectivity index (χ0n) is 17.4. The second kappa shape index (κ2) is 12.8. The Morgan fingerprint density at radius 2 is 1.87 bits per heavy atom. The lowest BCUT2D eigenvalue weighted by atomic mass is 10.0. The van der Waals surface area contributed by atoms with Crippen molar-refractivity contribution >= 4 is 18.0 Å². The Kier molecular flexibility index (Phi) is 10.1. The van der Waals surface area contributed by atoms with Crippen molar-refractivity contribution in [2.75, 3.05) is 19.6 Å². The van der Waals surface area contributed by atoms with E-state index in [1.165, 1.54) is 0 Å². The molecule has 166 valence electrons. The van der Waals surface area contributed by atoms with Gasteiger partial charge in [0, 0.05) is 19.6 Å². The summed E-state index contributed by atoms with van der Waals surface area (Å²) in [6.07, 6.45) is 4.85. The Balaban J connectivity index is 1.83. The third-order valence-corrected chi connectivity index (χ3v) is 5.43. The highest BCUT2D eigenvalue weighted by Gasteiger charge is 2.30. The maximum Gasteiger partial charge on any atom is 0.404 e. The molecule has 0 spiro atoms. The molecule has 2 atom stereocenters. The average Bonchev–Trinajstić information content (AvgIpc) is 2.89. The van der Waals surface area contributed by atoms with Gasteiger partial charge >= 0.3 is 12.1 Å². The Morgan fingerprint density at radius 1 is 1.10 bits per heavy atom.